The lowest BCUT2D eigenvalue weighted by Crippen LogP contribution is -2.29. The molecule has 0 radical (unpaired) electrons. The van der Waals surface area contributed by atoms with E-state index in [9.17, 15) is 4.79 Å². The Labute approximate surface area is 122 Å². The standard InChI is InChI=1S/C14H22BrNOS/c1-4-5-12(6-7-15)9-16-14(17)13-8-10(2)11(3)18-13/h8,12H,4-7,9H2,1-3H3,(H,16,17). The second-order valence-electron chi connectivity index (χ2n) is 4.69. The van der Waals surface area contributed by atoms with E-state index in [1.54, 1.807) is 11.3 Å². The number of hydrogen-bond acceptors (Lipinski definition) is 2. The molecule has 4 heteroatoms. The number of nitrogens with one attached hydrogen (secondary N) is 1. The van der Waals surface area contributed by atoms with Crippen molar-refractivity contribution >= 4 is 33.2 Å². The summed E-state index contributed by atoms with van der Waals surface area (Å²) in [4.78, 5) is 14.1. The minimum absolute atomic E-state index is 0.0758. The molecule has 1 amide bonds. The van der Waals surface area contributed by atoms with E-state index in [1.165, 1.54) is 23.3 Å². The van der Waals surface area contributed by atoms with E-state index < -0.39 is 0 Å². The number of amides is 1. The van der Waals surface area contributed by atoms with E-state index in [4.69, 9.17) is 0 Å². The van der Waals surface area contributed by atoms with Gasteiger partial charge in [-0.25, -0.2) is 0 Å². The third kappa shape index (κ3) is 4.73. The van der Waals surface area contributed by atoms with Gasteiger partial charge >= 0.3 is 0 Å². The highest BCUT2D eigenvalue weighted by Crippen LogP contribution is 2.20. The Morgan fingerprint density at radius 2 is 2.17 bits per heavy atom. The number of alkyl halides is 1. The number of thiophene rings is 1. The van der Waals surface area contributed by atoms with Crippen LogP contribution in [0.25, 0.3) is 0 Å². The molecule has 18 heavy (non-hydrogen) atoms. The lowest BCUT2D eigenvalue weighted by Gasteiger charge is -2.15. The smallest absolute Gasteiger partial charge is 0.261 e. The van der Waals surface area contributed by atoms with Crippen molar-refractivity contribution in [2.45, 2.75) is 40.0 Å². The molecule has 102 valence electrons. The monoisotopic (exact) mass is 331 g/mol. The minimum atomic E-state index is 0.0758. The fourth-order valence-corrected chi connectivity index (χ4v) is 3.52. The summed E-state index contributed by atoms with van der Waals surface area (Å²) in [5.74, 6) is 0.660. The molecule has 1 N–H and O–H groups in total. The van der Waals surface area contributed by atoms with Gasteiger partial charge in [0, 0.05) is 16.8 Å². The Kier molecular flexibility index (Phi) is 6.94. The normalized spacial score (nSPS) is 12.4. The Morgan fingerprint density at radius 1 is 1.44 bits per heavy atom. The average Bonchev–Trinajstić information content (AvgIpc) is 2.67. The fourth-order valence-electron chi connectivity index (χ4n) is 1.92. The second-order valence-corrected chi connectivity index (χ2v) is 6.74. The van der Waals surface area contributed by atoms with Gasteiger partial charge in [0.25, 0.3) is 5.91 Å². The molecule has 1 aromatic heterocycles. The van der Waals surface area contributed by atoms with Crippen LogP contribution in [0.5, 0.6) is 0 Å². The van der Waals surface area contributed by atoms with Gasteiger partial charge in [-0.1, -0.05) is 29.3 Å². The molecular weight excluding hydrogens is 310 g/mol. The quantitative estimate of drug-likeness (QED) is 0.741. The minimum Gasteiger partial charge on any atom is -0.351 e. The van der Waals surface area contributed by atoms with Gasteiger partial charge in [-0.3, -0.25) is 4.79 Å². The summed E-state index contributed by atoms with van der Waals surface area (Å²) in [6.45, 7) is 7.08. The van der Waals surface area contributed by atoms with Crippen molar-refractivity contribution in [3.8, 4) is 0 Å². The second kappa shape index (κ2) is 7.95. The zero-order valence-electron chi connectivity index (χ0n) is 11.4. The first kappa shape index (κ1) is 15.7. The molecule has 0 saturated heterocycles. The van der Waals surface area contributed by atoms with Crippen LogP contribution in [0.1, 0.15) is 46.3 Å². The van der Waals surface area contributed by atoms with Crippen LogP contribution < -0.4 is 5.32 Å². The van der Waals surface area contributed by atoms with Crippen molar-refractivity contribution in [1.29, 1.82) is 0 Å². The van der Waals surface area contributed by atoms with Crippen molar-refractivity contribution in [3.05, 3.63) is 21.4 Å². The summed E-state index contributed by atoms with van der Waals surface area (Å²) in [5.41, 5.74) is 1.20. The maximum absolute atomic E-state index is 12.0. The zero-order chi connectivity index (χ0) is 13.5. The maximum atomic E-state index is 12.0. The number of carbonyl (C=O) groups excluding carboxylic acids is 1. The highest BCUT2D eigenvalue weighted by atomic mass is 79.9. The van der Waals surface area contributed by atoms with Crippen LogP contribution in [0.4, 0.5) is 0 Å². The summed E-state index contributed by atoms with van der Waals surface area (Å²) in [7, 11) is 0. The molecular formula is C14H22BrNOS. The van der Waals surface area contributed by atoms with Gasteiger partial charge in [-0.2, -0.15) is 0 Å². The molecule has 1 heterocycles. The number of halogens is 1. The topological polar surface area (TPSA) is 29.1 Å². The molecule has 0 aliphatic carbocycles. The SMILES string of the molecule is CCCC(CCBr)CNC(=O)c1cc(C)c(C)s1. The molecule has 1 rings (SSSR count). The Balaban J connectivity index is 2.48. The van der Waals surface area contributed by atoms with E-state index in [0.717, 1.165) is 23.2 Å². The van der Waals surface area contributed by atoms with Gasteiger partial charge in [-0.15, -0.1) is 11.3 Å². The van der Waals surface area contributed by atoms with Gasteiger partial charge in [-0.05, 0) is 44.2 Å². The van der Waals surface area contributed by atoms with E-state index in [0.29, 0.717) is 5.92 Å². The molecule has 0 aliphatic heterocycles. The Bertz CT molecular complexity index is 364. The summed E-state index contributed by atoms with van der Waals surface area (Å²) in [5, 5.41) is 4.06. The number of carbonyl (C=O) groups is 1. The average molecular weight is 332 g/mol. The van der Waals surface area contributed by atoms with Crippen LogP contribution in [0.15, 0.2) is 6.07 Å². The van der Waals surface area contributed by atoms with E-state index >= 15 is 0 Å². The van der Waals surface area contributed by atoms with Crippen LogP contribution in [0, 0.1) is 19.8 Å². The highest BCUT2D eigenvalue weighted by Gasteiger charge is 2.13. The third-order valence-corrected chi connectivity index (χ3v) is 4.76. The summed E-state index contributed by atoms with van der Waals surface area (Å²) in [6.07, 6.45) is 3.47. The number of aryl methyl sites for hydroxylation is 2. The first-order chi connectivity index (χ1) is 8.58. The Morgan fingerprint density at radius 3 is 2.67 bits per heavy atom. The molecule has 1 unspecified atom stereocenters. The largest absolute Gasteiger partial charge is 0.351 e. The van der Waals surface area contributed by atoms with Gasteiger partial charge in [0.15, 0.2) is 0 Å². The zero-order valence-corrected chi connectivity index (χ0v) is 13.8. The van der Waals surface area contributed by atoms with Gasteiger partial charge < -0.3 is 5.32 Å². The fraction of sp³-hybridized carbons (Fsp3) is 0.643. The molecule has 0 spiro atoms. The first-order valence-electron chi connectivity index (χ1n) is 6.49. The lowest BCUT2D eigenvalue weighted by atomic mass is 10.0. The predicted octanol–water partition coefficient (Wildman–Crippen LogP) is 4.30. The first-order valence-corrected chi connectivity index (χ1v) is 8.43. The van der Waals surface area contributed by atoms with Crippen LogP contribution in [0.3, 0.4) is 0 Å². The van der Waals surface area contributed by atoms with E-state index in [2.05, 4.69) is 35.1 Å². The van der Waals surface area contributed by atoms with Gasteiger partial charge in [0.2, 0.25) is 0 Å². The van der Waals surface area contributed by atoms with E-state index in [-0.39, 0.29) is 5.91 Å². The maximum Gasteiger partial charge on any atom is 0.261 e. The molecule has 0 saturated carbocycles. The van der Waals surface area contributed by atoms with Crippen molar-refractivity contribution < 1.29 is 4.79 Å². The van der Waals surface area contributed by atoms with Crippen molar-refractivity contribution in [2.75, 3.05) is 11.9 Å². The molecule has 2 nitrogen and oxygen atoms in total. The van der Waals surface area contributed by atoms with Crippen molar-refractivity contribution in [1.82, 2.24) is 5.32 Å². The third-order valence-electron chi connectivity index (χ3n) is 3.16. The van der Waals surface area contributed by atoms with Gasteiger partial charge in [0.05, 0.1) is 4.88 Å². The highest BCUT2D eigenvalue weighted by molar-refractivity contribution is 9.09. The van der Waals surface area contributed by atoms with Gasteiger partial charge in [0.1, 0.15) is 0 Å². The molecule has 0 bridgehead atoms. The summed E-state index contributed by atoms with van der Waals surface area (Å²) >= 11 is 5.05. The van der Waals surface area contributed by atoms with Crippen molar-refractivity contribution in [3.63, 3.8) is 0 Å². The summed E-state index contributed by atoms with van der Waals surface area (Å²) in [6, 6.07) is 1.98. The van der Waals surface area contributed by atoms with Crippen LogP contribution >= 0.6 is 27.3 Å². The molecule has 0 aromatic carbocycles. The van der Waals surface area contributed by atoms with Crippen LogP contribution in [-0.2, 0) is 0 Å². The lowest BCUT2D eigenvalue weighted by molar-refractivity contribution is 0.0950. The Hall–Kier alpha value is -0.350. The van der Waals surface area contributed by atoms with Crippen LogP contribution in [0.2, 0.25) is 0 Å². The van der Waals surface area contributed by atoms with E-state index in [1.807, 2.05) is 13.0 Å². The van der Waals surface area contributed by atoms with Crippen molar-refractivity contribution in [2.24, 2.45) is 5.92 Å². The summed E-state index contributed by atoms with van der Waals surface area (Å²) < 4.78 is 0. The predicted molar refractivity (Wildman–Crippen MR) is 82.9 cm³/mol. The number of hydrogen-bond donors (Lipinski definition) is 1. The molecule has 0 fully saturated rings. The molecule has 0 aliphatic rings. The number of rotatable bonds is 7. The van der Waals surface area contributed by atoms with Crippen LogP contribution in [-0.4, -0.2) is 17.8 Å². The molecule has 1 aromatic rings. The molecule has 1 atom stereocenters.